The Morgan fingerprint density at radius 2 is 2.05 bits per heavy atom. The quantitative estimate of drug-likeness (QED) is 0.937. The van der Waals surface area contributed by atoms with E-state index in [2.05, 4.69) is 21.0 Å². The van der Waals surface area contributed by atoms with Gasteiger partial charge in [-0.15, -0.1) is 0 Å². The van der Waals surface area contributed by atoms with Crippen LogP contribution in [0.2, 0.25) is 0 Å². The third-order valence-electron chi connectivity index (χ3n) is 2.56. The lowest BCUT2D eigenvalue weighted by atomic mass is 10.2. The molecule has 0 amide bonds. The lowest BCUT2D eigenvalue weighted by Gasteiger charge is -2.08. The van der Waals surface area contributed by atoms with Crippen molar-refractivity contribution in [2.45, 2.75) is 12.6 Å². The molecule has 102 valence electrons. The molecule has 1 heterocycles. The average Bonchev–Trinajstić information content (AvgIpc) is 2.71. The Hall–Kier alpha value is -1.34. The predicted octanol–water partition coefficient (Wildman–Crippen LogP) is 3.15. The standard InChI is InChI=1S/C12H11BrF3N3/c13-10-7-19(18-11(10)4-5-17)9-3-1-2-8(6-9)12(14,15)16/h1-3,6-7H,4-5,17H2. The number of benzene rings is 1. The van der Waals surface area contributed by atoms with Crippen LogP contribution in [0.15, 0.2) is 34.9 Å². The van der Waals surface area contributed by atoms with E-state index >= 15 is 0 Å². The molecule has 0 aliphatic rings. The molecule has 3 nitrogen and oxygen atoms in total. The van der Waals surface area contributed by atoms with Crippen molar-refractivity contribution in [2.24, 2.45) is 5.73 Å². The molecule has 0 bridgehead atoms. The van der Waals surface area contributed by atoms with Gasteiger partial charge in [-0.05, 0) is 40.7 Å². The zero-order chi connectivity index (χ0) is 14.0. The summed E-state index contributed by atoms with van der Waals surface area (Å²) in [5.41, 5.74) is 5.82. The predicted molar refractivity (Wildman–Crippen MR) is 69.0 cm³/mol. The molecule has 0 saturated heterocycles. The molecule has 0 unspecified atom stereocenters. The van der Waals surface area contributed by atoms with Gasteiger partial charge >= 0.3 is 6.18 Å². The summed E-state index contributed by atoms with van der Waals surface area (Å²) < 4.78 is 40.0. The first-order chi connectivity index (χ1) is 8.91. The Balaban J connectivity index is 2.39. The Bertz CT molecular complexity index is 578. The van der Waals surface area contributed by atoms with E-state index in [-0.39, 0.29) is 0 Å². The number of alkyl halides is 3. The average molecular weight is 334 g/mol. The van der Waals surface area contributed by atoms with Gasteiger partial charge in [0.1, 0.15) is 0 Å². The van der Waals surface area contributed by atoms with E-state index in [1.807, 2.05) is 0 Å². The van der Waals surface area contributed by atoms with Gasteiger partial charge < -0.3 is 5.73 Å². The zero-order valence-electron chi connectivity index (χ0n) is 9.78. The van der Waals surface area contributed by atoms with Gasteiger partial charge in [0.05, 0.1) is 21.4 Å². The molecule has 2 aromatic rings. The van der Waals surface area contributed by atoms with Gasteiger partial charge in [-0.2, -0.15) is 18.3 Å². The van der Waals surface area contributed by atoms with Gasteiger partial charge in [-0.25, -0.2) is 4.68 Å². The Morgan fingerprint density at radius 1 is 1.32 bits per heavy atom. The molecule has 1 aromatic heterocycles. The van der Waals surface area contributed by atoms with Crippen LogP contribution >= 0.6 is 15.9 Å². The Labute approximate surface area is 116 Å². The molecule has 0 aliphatic carbocycles. The molecule has 2 N–H and O–H groups in total. The minimum absolute atomic E-state index is 0.360. The van der Waals surface area contributed by atoms with Crippen LogP contribution in [0, 0.1) is 0 Å². The van der Waals surface area contributed by atoms with Crippen LogP contribution in [-0.4, -0.2) is 16.3 Å². The number of hydrogen-bond donors (Lipinski definition) is 1. The third-order valence-corrected chi connectivity index (χ3v) is 3.22. The first-order valence-electron chi connectivity index (χ1n) is 5.53. The van der Waals surface area contributed by atoms with Crippen LogP contribution < -0.4 is 5.73 Å². The van der Waals surface area contributed by atoms with Crippen LogP contribution in [0.25, 0.3) is 5.69 Å². The highest BCUT2D eigenvalue weighted by molar-refractivity contribution is 9.10. The molecule has 1 aromatic carbocycles. The number of aromatic nitrogens is 2. The monoisotopic (exact) mass is 333 g/mol. The molecular formula is C12H11BrF3N3. The second-order valence-corrected chi connectivity index (χ2v) is 4.81. The summed E-state index contributed by atoms with van der Waals surface area (Å²) in [6.45, 7) is 0.429. The number of nitrogens with zero attached hydrogens (tertiary/aromatic N) is 2. The molecule has 0 fully saturated rings. The summed E-state index contributed by atoms with van der Waals surface area (Å²) in [5.74, 6) is 0. The Kier molecular flexibility index (Phi) is 3.96. The largest absolute Gasteiger partial charge is 0.416 e. The van der Waals surface area contributed by atoms with E-state index in [1.165, 1.54) is 10.7 Å². The van der Waals surface area contributed by atoms with Crippen molar-refractivity contribution >= 4 is 15.9 Å². The second kappa shape index (κ2) is 5.34. The van der Waals surface area contributed by atoms with Crippen LogP contribution in [0.5, 0.6) is 0 Å². The van der Waals surface area contributed by atoms with E-state index in [9.17, 15) is 13.2 Å². The molecule has 0 saturated carbocycles. The summed E-state index contributed by atoms with van der Waals surface area (Å²) in [4.78, 5) is 0. The Morgan fingerprint density at radius 3 is 2.68 bits per heavy atom. The lowest BCUT2D eigenvalue weighted by molar-refractivity contribution is -0.137. The number of rotatable bonds is 3. The molecule has 0 radical (unpaired) electrons. The summed E-state index contributed by atoms with van der Waals surface area (Å²) in [5, 5.41) is 4.22. The fraction of sp³-hybridized carbons (Fsp3) is 0.250. The van der Waals surface area contributed by atoms with Gasteiger partial charge in [0.2, 0.25) is 0 Å². The fourth-order valence-corrected chi connectivity index (χ4v) is 2.12. The third kappa shape index (κ3) is 3.16. The van der Waals surface area contributed by atoms with E-state index in [4.69, 9.17) is 5.73 Å². The molecular weight excluding hydrogens is 323 g/mol. The van der Waals surface area contributed by atoms with Crippen molar-refractivity contribution in [1.82, 2.24) is 9.78 Å². The zero-order valence-corrected chi connectivity index (χ0v) is 11.4. The number of nitrogens with two attached hydrogens (primary N) is 1. The SMILES string of the molecule is NCCc1nn(-c2cccc(C(F)(F)F)c2)cc1Br. The van der Waals surface area contributed by atoms with Crippen molar-refractivity contribution in [3.05, 3.63) is 46.2 Å². The highest BCUT2D eigenvalue weighted by Crippen LogP contribution is 2.30. The highest BCUT2D eigenvalue weighted by atomic mass is 79.9. The van der Waals surface area contributed by atoms with Crippen LogP contribution in [-0.2, 0) is 12.6 Å². The van der Waals surface area contributed by atoms with E-state index < -0.39 is 11.7 Å². The second-order valence-electron chi connectivity index (χ2n) is 3.96. The maximum absolute atomic E-state index is 12.6. The fourth-order valence-electron chi connectivity index (χ4n) is 1.65. The first kappa shape index (κ1) is 14.1. The number of hydrogen-bond acceptors (Lipinski definition) is 2. The minimum atomic E-state index is -4.36. The maximum atomic E-state index is 12.6. The van der Waals surface area contributed by atoms with Crippen LogP contribution in [0.1, 0.15) is 11.3 Å². The van der Waals surface area contributed by atoms with Gasteiger partial charge in [-0.3, -0.25) is 0 Å². The van der Waals surface area contributed by atoms with E-state index in [0.29, 0.717) is 18.7 Å². The molecule has 19 heavy (non-hydrogen) atoms. The molecule has 0 atom stereocenters. The molecule has 2 rings (SSSR count). The summed E-state index contributed by atoms with van der Waals surface area (Å²) in [6.07, 6.45) is -2.17. The lowest BCUT2D eigenvalue weighted by Crippen LogP contribution is -2.07. The maximum Gasteiger partial charge on any atom is 0.416 e. The van der Waals surface area contributed by atoms with E-state index in [1.54, 1.807) is 12.3 Å². The summed E-state index contributed by atoms with van der Waals surface area (Å²) in [6, 6.07) is 5.02. The van der Waals surface area contributed by atoms with Crippen LogP contribution in [0.3, 0.4) is 0 Å². The summed E-state index contributed by atoms with van der Waals surface area (Å²) in [7, 11) is 0. The first-order valence-corrected chi connectivity index (χ1v) is 6.33. The van der Waals surface area contributed by atoms with Gasteiger partial charge in [0.25, 0.3) is 0 Å². The van der Waals surface area contributed by atoms with Gasteiger partial charge in [0, 0.05) is 12.6 Å². The topological polar surface area (TPSA) is 43.8 Å². The smallest absolute Gasteiger partial charge is 0.330 e. The molecule has 0 aliphatic heterocycles. The van der Waals surface area contributed by atoms with Gasteiger partial charge in [0.15, 0.2) is 0 Å². The molecule has 7 heteroatoms. The van der Waals surface area contributed by atoms with Crippen LogP contribution in [0.4, 0.5) is 13.2 Å². The summed E-state index contributed by atoms with van der Waals surface area (Å²) >= 11 is 3.31. The van der Waals surface area contributed by atoms with Crippen molar-refractivity contribution in [1.29, 1.82) is 0 Å². The highest BCUT2D eigenvalue weighted by Gasteiger charge is 2.30. The minimum Gasteiger partial charge on any atom is -0.330 e. The normalized spacial score (nSPS) is 11.8. The van der Waals surface area contributed by atoms with Crippen molar-refractivity contribution < 1.29 is 13.2 Å². The van der Waals surface area contributed by atoms with Crippen molar-refractivity contribution in [3.8, 4) is 5.69 Å². The van der Waals surface area contributed by atoms with E-state index in [0.717, 1.165) is 22.3 Å². The number of halogens is 4. The van der Waals surface area contributed by atoms with Gasteiger partial charge in [-0.1, -0.05) is 6.07 Å². The molecule has 0 spiro atoms. The van der Waals surface area contributed by atoms with Crippen molar-refractivity contribution in [2.75, 3.05) is 6.54 Å². The van der Waals surface area contributed by atoms with Crippen molar-refractivity contribution in [3.63, 3.8) is 0 Å².